The van der Waals surface area contributed by atoms with Gasteiger partial charge in [0.05, 0.1) is 19.8 Å². The topological polar surface area (TPSA) is 55.8 Å². The van der Waals surface area contributed by atoms with Gasteiger partial charge in [-0.05, 0) is 24.3 Å². The Morgan fingerprint density at radius 2 is 2.10 bits per heavy atom. The van der Waals surface area contributed by atoms with Crippen molar-refractivity contribution in [2.24, 2.45) is 10.7 Å². The Kier molecular flexibility index (Phi) is 4.31. The summed E-state index contributed by atoms with van der Waals surface area (Å²) in [5.74, 6) is 0.609. The molecule has 0 radical (unpaired) electrons. The summed E-state index contributed by atoms with van der Waals surface area (Å²) in [4.78, 5) is 6.53. The smallest absolute Gasteiger partial charge is 0.191 e. The van der Waals surface area contributed by atoms with Crippen LogP contribution in [-0.4, -0.2) is 48.3 Å². The van der Waals surface area contributed by atoms with Crippen molar-refractivity contribution in [3.8, 4) is 0 Å². The molecule has 1 aromatic heterocycles. The first-order valence-electron chi connectivity index (χ1n) is 7.11. The van der Waals surface area contributed by atoms with Gasteiger partial charge in [-0.25, -0.2) is 0 Å². The fourth-order valence-electron chi connectivity index (χ4n) is 2.53. The Hall–Kier alpha value is -1.72. The van der Waals surface area contributed by atoms with Crippen LogP contribution in [0.25, 0.3) is 10.9 Å². The lowest BCUT2D eigenvalue weighted by molar-refractivity contribution is 0.0674. The highest BCUT2D eigenvalue weighted by molar-refractivity contribution is 6.31. The van der Waals surface area contributed by atoms with Crippen molar-refractivity contribution < 1.29 is 4.74 Å². The summed E-state index contributed by atoms with van der Waals surface area (Å²) in [5.41, 5.74) is 7.18. The highest BCUT2D eigenvalue weighted by atomic mass is 35.5. The number of halogens is 1. The van der Waals surface area contributed by atoms with Crippen LogP contribution in [-0.2, 0) is 11.3 Å². The Morgan fingerprint density at radius 1 is 1.29 bits per heavy atom. The average Bonchev–Trinajstić information content (AvgIpc) is 2.90. The molecule has 0 spiro atoms. The maximum absolute atomic E-state index is 6.01. The Morgan fingerprint density at radius 3 is 2.90 bits per heavy atom. The third-order valence-electron chi connectivity index (χ3n) is 3.68. The number of ether oxygens (including phenoxy) is 1. The zero-order valence-electron chi connectivity index (χ0n) is 11.8. The normalized spacial score (nSPS) is 16.6. The molecule has 3 rings (SSSR count). The molecule has 1 aliphatic heterocycles. The average molecular weight is 307 g/mol. The van der Waals surface area contributed by atoms with Gasteiger partial charge in [0.15, 0.2) is 5.96 Å². The summed E-state index contributed by atoms with van der Waals surface area (Å²) in [6.45, 7) is 4.55. The van der Waals surface area contributed by atoms with E-state index in [1.807, 2.05) is 18.2 Å². The number of fused-ring (bicyclic) bond motifs is 1. The van der Waals surface area contributed by atoms with E-state index >= 15 is 0 Å². The first kappa shape index (κ1) is 14.2. The zero-order valence-corrected chi connectivity index (χ0v) is 12.6. The van der Waals surface area contributed by atoms with Gasteiger partial charge in [0.1, 0.15) is 0 Å². The van der Waals surface area contributed by atoms with Crippen LogP contribution >= 0.6 is 11.6 Å². The molecule has 5 nitrogen and oxygen atoms in total. The van der Waals surface area contributed by atoms with Crippen LogP contribution < -0.4 is 5.73 Å². The number of rotatable bonds is 3. The Bertz CT molecular complexity index is 646. The second-order valence-corrected chi connectivity index (χ2v) is 5.49. The van der Waals surface area contributed by atoms with E-state index in [1.54, 1.807) is 0 Å². The minimum absolute atomic E-state index is 0.609. The third-order valence-corrected chi connectivity index (χ3v) is 3.92. The number of aliphatic imine (C=N–C) groups is 1. The molecule has 2 aromatic rings. The quantitative estimate of drug-likeness (QED) is 0.696. The predicted molar refractivity (Wildman–Crippen MR) is 85.8 cm³/mol. The molecular formula is C15H19ClN4O. The van der Waals surface area contributed by atoms with Gasteiger partial charge in [-0.2, -0.15) is 0 Å². The van der Waals surface area contributed by atoms with Crippen molar-refractivity contribution in [2.75, 3.05) is 32.8 Å². The lowest BCUT2D eigenvalue weighted by Crippen LogP contribution is -2.44. The summed E-state index contributed by atoms with van der Waals surface area (Å²) in [5, 5.41) is 1.91. The van der Waals surface area contributed by atoms with Crippen molar-refractivity contribution in [2.45, 2.75) is 6.54 Å². The second kappa shape index (κ2) is 6.37. The molecule has 0 atom stereocenters. The molecule has 6 heteroatoms. The van der Waals surface area contributed by atoms with E-state index in [1.165, 1.54) is 5.52 Å². The van der Waals surface area contributed by atoms with E-state index in [0.717, 1.165) is 43.3 Å². The number of aromatic nitrogens is 1. The Balaban J connectivity index is 1.63. The highest BCUT2D eigenvalue weighted by Crippen LogP contribution is 2.20. The van der Waals surface area contributed by atoms with Crippen LogP contribution in [0.5, 0.6) is 0 Å². The number of guanidine groups is 1. The van der Waals surface area contributed by atoms with E-state index < -0.39 is 0 Å². The van der Waals surface area contributed by atoms with Crippen LogP contribution in [0.15, 0.2) is 35.5 Å². The summed E-state index contributed by atoms with van der Waals surface area (Å²) < 4.78 is 7.47. The third kappa shape index (κ3) is 3.31. The first-order valence-corrected chi connectivity index (χ1v) is 7.49. The van der Waals surface area contributed by atoms with E-state index in [0.29, 0.717) is 12.5 Å². The van der Waals surface area contributed by atoms with Crippen LogP contribution in [0.1, 0.15) is 0 Å². The van der Waals surface area contributed by atoms with Gasteiger partial charge in [-0.3, -0.25) is 4.99 Å². The molecule has 0 amide bonds. The molecule has 112 valence electrons. The van der Waals surface area contributed by atoms with E-state index in [-0.39, 0.29) is 0 Å². The standard InChI is InChI=1S/C15H19ClN4O/c16-13-1-2-14-12(11-13)3-5-19(14)6-4-18-15(17)20-7-9-21-10-8-20/h1-3,5,11H,4,6-10H2,(H2,17,18). The van der Waals surface area contributed by atoms with Crippen LogP contribution in [0.3, 0.4) is 0 Å². The van der Waals surface area contributed by atoms with Gasteiger partial charge in [-0.15, -0.1) is 0 Å². The number of morpholine rings is 1. The summed E-state index contributed by atoms with van der Waals surface area (Å²) >= 11 is 6.00. The summed E-state index contributed by atoms with van der Waals surface area (Å²) in [6.07, 6.45) is 2.06. The molecule has 2 heterocycles. The molecular weight excluding hydrogens is 288 g/mol. The van der Waals surface area contributed by atoms with Gasteiger partial charge >= 0.3 is 0 Å². The molecule has 0 aliphatic carbocycles. The first-order chi connectivity index (χ1) is 10.2. The molecule has 2 N–H and O–H groups in total. The molecule has 0 bridgehead atoms. The van der Waals surface area contributed by atoms with Crippen molar-refractivity contribution in [3.05, 3.63) is 35.5 Å². The molecule has 0 saturated carbocycles. The molecule has 1 fully saturated rings. The second-order valence-electron chi connectivity index (χ2n) is 5.05. The predicted octanol–water partition coefficient (Wildman–Crippen LogP) is 1.94. The molecule has 0 unspecified atom stereocenters. The van der Waals surface area contributed by atoms with Gasteiger partial charge < -0.3 is 19.9 Å². The van der Waals surface area contributed by atoms with Gasteiger partial charge in [0.2, 0.25) is 0 Å². The van der Waals surface area contributed by atoms with Gasteiger partial charge in [0.25, 0.3) is 0 Å². The minimum atomic E-state index is 0.609. The summed E-state index contributed by atoms with van der Waals surface area (Å²) in [7, 11) is 0. The lowest BCUT2D eigenvalue weighted by atomic mass is 10.2. The van der Waals surface area contributed by atoms with E-state index in [9.17, 15) is 0 Å². The molecule has 1 saturated heterocycles. The SMILES string of the molecule is NC(=NCCn1ccc2cc(Cl)ccc21)N1CCOCC1. The van der Waals surface area contributed by atoms with Gasteiger partial charge in [-0.1, -0.05) is 11.6 Å². The van der Waals surface area contributed by atoms with Crippen molar-refractivity contribution >= 4 is 28.5 Å². The zero-order chi connectivity index (χ0) is 14.7. The Labute approximate surface area is 128 Å². The largest absolute Gasteiger partial charge is 0.378 e. The van der Waals surface area contributed by atoms with E-state index in [2.05, 4.69) is 26.7 Å². The van der Waals surface area contributed by atoms with Crippen LogP contribution in [0, 0.1) is 0 Å². The lowest BCUT2D eigenvalue weighted by Gasteiger charge is -2.27. The van der Waals surface area contributed by atoms with E-state index in [4.69, 9.17) is 22.1 Å². The van der Waals surface area contributed by atoms with Crippen molar-refractivity contribution in [3.63, 3.8) is 0 Å². The number of hydrogen-bond acceptors (Lipinski definition) is 2. The molecule has 1 aromatic carbocycles. The fraction of sp³-hybridized carbons (Fsp3) is 0.400. The van der Waals surface area contributed by atoms with Crippen LogP contribution in [0.4, 0.5) is 0 Å². The number of nitrogens with zero attached hydrogens (tertiary/aromatic N) is 3. The maximum atomic E-state index is 6.01. The highest BCUT2D eigenvalue weighted by Gasteiger charge is 2.11. The molecule has 1 aliphatic rings. The van der Waals surface area contributed by atoms with Crippen molar-refractivity contribution in [1.82, 2.24) is 9.47 Å². The van der Waals surface area contributed by atoms with Gasteiger partial charge in [0, 0.05) is 41.8 Å². The molecule has 21 heavy (non-hydrogen) atoms. The number of nitrogens with two attached hydrogens (primary N) is 1. The van der Waals surface area contributed by atoms with Crippen LogP contribution in [0.2, 0.25) is 5.02 Å². The van der Waals surface area contributed by atoms with Crippen molar-refractivity contribution in [1.29, 1.82) is 0 Å². The maximum Gasteiger partial charge on any atom is 0.191 e. The number of hydrogen-bond donors (Lipinski definition) is 1. The fourth-order valence-corrected chi connectivity index (χ4v) is 2.71. The minimum Gasteiger partial charge on any atom is -0.378 e. The number of benzene rings is 1. The summed E-state index contributed by atoms with van der Waals surface area (Å²) in [6, 6.07) is 7.98. The monoisotopic (exact) mass is 306 g/mol.